The van der Waals surface area contributed by atoms with Crippen LogP contribution < -0.4 is 4.74 Å². The lowest BCUT2D eigenvalue weighted by atomic mass is 10.1. The van der Waals surface area contributed by atoms with Gasteiger partial charge in [0, 0.05) is 18.1 Å². The standard InChI is InChI=1S/C20H21ClN2O3/c1-14-20(25)22(11-15-6-8-18(26-2)9-7-15)13-19(24)23(14)12-16-4-3-5-17(21)10-16/h3-10,14H,11-13H2,1-2H3/t14-/m0/s1. The van der Waals surface area contributed by atoms with E-state index in [1.807, 2.05) is 42.5 Å². The van der Waals surface area contributed by atoms with E-state index in [1.165, 1.54) is 0 Å². The molecule has 2 aromatic rings. The van der Waals surface area contributed by atoms with E-state index in [-0.39, 0.29) is 18.4 Å². The van der Waals surface area contributed by atoms with Crippen LogP contribution in [0.3, 0.4) is 0 Å². The maximum Gasteiger partial charge on any atom is 0.245 e. The van der Waals surface area contributed by atoms with Gasteiger partial charge in [-0.1, -0.05) is 35.9 Å². The highest BCUT2D eigenvalue weighted by molar-refractivity contribution is 6.30. The molecule has 1 fully saturated rings. The first kappa shape index (κ1) is 18.3. The molecule has 0 radical (unpaired) electrons. The van der Waals surface area contributed by atoms with E-state index >= 15 is 0 Å². The monoisotopic (exact) mass is 372 g/mol. The van der Waals surface area contributed by atoms with Crippen LogP contribution in [0.15, 0.2) is 48.5 Å². The molecule has 5 nitrogen and oxygen atoms in total. The molecule has 0 spiro atoms. The van der Waals surface area contributed by atoms with Gasteiger partial charge in [0.1, 0.15) is 18.3 Å². The lowest BCUT2D eigenvalue weighted by Gasteiger charge is -2.39. The summed E-state index contributed by atoms with van der Waals surface area (Å²) in [5.74, 6) is 0.642. The van der Waals surface area contributed by atoms with Crippen molar-refractivity contribution in [3.8, 4) is 5.75 Å². The van der Waals surface area contributed by atoms with Gasteiger partial charge in [0.25, 0.3) is 0 Å². The van der Waals surface area contributed by atoms with Gasteiger partial charge in [0.15, 0.2) is 0 Å². The van der Waals surface area contributed by atoms with E-state index in [1.54, 1.807) is 29.9 Å². The van der Waals surface area contributed by atoms with E-state index in [2.05, 4.69) is 0 Å². The zero-order valence-corrected chi connectivity index (χ0v) is 15.6. The third-order valence-corrected chi connectivity index (χ3v) is 4.79. The van der Waals surface area contributed by atoms with Gasteiger partial charge in [0.2, 0.25) is 11.8 Å². The Bertz CT molecular complexity index is 807. The number of benzene rings is 2. The second-order valence-electron chi connectivity index (χ2n) is 6.37. The van der Waals surface area contributed by atoms with Crippen LogP contribution in [-0.4, -0.2) is 41.3 Å². The zero-order chi connectivity index (χ0) is 18.7. The summed E-state index contributed by atoms with van der Waals surface area (Å²) in [6, 6.07) is 14.3. The third kappa shape index (κ3) is 3.99. The van der Waals surface area contributed by atoms with Crippen LogP contribution in [0.5, 0.6) is 5.75 Å². The SMILES string of the molecule is COc1ccc(CN2CC(=O)N(Cc3cccc(Cl)c3)[C@@H](C)C2=O)cc1. The number of ether oxygens (including phenoxy) is 1. The van der Waals surface area contributed by atoms with Crippen molar-refractivity contribution in [1.29, 1.82) is 0 Å². The van der Waals surface area contributed by atoms with Crippen molar-refractivity contribution >= 4 is 23.4 Å². The molecule has 3 rings (SSSR count). The van der Waals surface area contributed by atoms with Gasteiger partial charge in [-0.05, 0) is 42.3 Å². The number of hydrogen-bond acceptors (Lipinski definition) is 3. The van der Waals surface area contributed by atoms with Crippen molar-refractivity contribution in [2.45, 2.75) is 26.1 Å². The van der Waals surface area contributed by atoms with Gasteiger partial charge in [0.05, 0.1) is 7.11 Å². The number of piperazine rings is 1. The summed E-state index contributed by atoms with van der Waals surface area (Å²) in [6.07, 6.45) is 0. The fraction of sp³-hybridized carbons (Fsp3) is 0.300. The molecule has 0 N–H and O–H groups in total. The number of halogens is 1. The summed E-state index contributed by atoms with van der Waals surface area (Å²) in [7, 11) is 1.61. The smallest absolute Gasteiger partial charge is 0.245 e. The molecule has 136 valence electrons. The van der Waals surface area contributed by atoms with Crippen LogP contribution >= 0.6 is 11.6 Å². The normalized spacial score (nSPS) is 17.6. The highest BCUT2D eigenvalue weighted by Gasteiger charge is 2.36. The van der Waals surface area contributed by atoms with Crippen LogP contribution in [0, 0.1) is 0 Å². The molecular formula is C20H21ClN2O3. The third-order valence-electron chi connectivity index (χ3n) is 4.56. The molecule has 2 aromatic carbocycles. The fourth-order valence-electron chi connectivity index (χ4n) is 3.09. The van der Waals surface area contributed by atoms with Crippen LogP contribution in [-0.2, 0) is 22.7 Å². The number of hydrogen-bond donors (Lipinski definition) is 0. The van der Waals surface area contributed by atoms with Gasteiger partial charge < -0.3 is 14.5 Å². The van der Waals surface area contributed by atoms with E-state index in [9.17, 15) is 9.59 Å². The molecule has 1 atom stereocenters. The fourth-order valence-corrected chi connectivity index (χ4v) is 3.30. The highest BCUT2D eigenvalue weighted by Crippen LogP contribution is 2.20. The van der Waals surface area contributed by atoms with E-state index in [4.69, 9.17) is 16.3 Å². The number of carbonyl (C=O) groups is 2. The summed E-state index contributed by atoms with van der Waals surface area (Å²) >= 11 is 6.01. The molecular weight excluding hydrogens is 352 g/mol. The van der Waals surface area contributed by atoms with Crippen molar-refractivity contribution in [3.05, 3.63) is 64.7 Å². The summed E-state index contributed by atoms with van der Waals surface area (Å²) in [5, 5.41) is 0.618. The molecule has 6 heteroatoms. The summed E-state index contributed by atoms with van der Waals surface area (Å²) < 4.78 is 5.14. The van der Waals surface area contributed by atoms with E-state index in [0.29, 0.717) is 18.1 Å². The zero-order valence-electron chi connectivity index (χ0n) is 14.8. The lowest BCUT2D eigenvalue weighted by molar-refractivity contribution is -0.156. The Morgan fingerprint density at radius 1 is 1.08 bits per heavy atom. The number of carbonyl (C=O) groups excluding carboxylic acids is 2. The van der Waals surface area contributed by atoms with Crippen molar-refractivity contribution < 1.29 is 14.3 Å². The molecule has 1 saturated heterocycles. The van der Waals surface area contributed by atoms with Gasteiger partial charge in [-0.15, -0.1) is 0 Å². The van der Waals surface area contributed by atoms with Crippen molar-refractivity contribution in [2.24, 2.45) is 0 Å². The minimum atomic E-state index is -0.506. The second-order valence-corrected chi connectivity index (χ2v) is 6.81. The average molecular weight is 373 g/mol. The number of rotatable bonds is 5. The predicted molar refractivity (Wildman–Crippen MR) is 99.9 cm³/mol. The van der Waals surface area contributed by atoms with Gasteiger partial charge in [-0.3, -0.25) is 9.59 Å². The molecule has 2 amide bonds. The minimum Gasteiger partial charge on any atom is -0.497 e. The summed E-state index contributed by atoms with van der Waals surface area (Å²) in [6.45, 7) is 2.63. The molecule has 0 saturated carbocycles. The Labute approximate surface area is 158 Å². The first-order valence-corrected chi connectivity index (χ1v) is 8.81. The maximum absolute atomic E-state index is 12.7. The molecule has 0 bridgehead atoms. The minimum absolute atomic E-state index is 0.0533. The van der Waals surface area contributed by atoms with Gasteiger partial charge in [-0.25, -0.2) is 0 Å². The van der Waals surface area contributed by atoms with E-state index in [0.717, 1.165) is 16.9 Å². The Balaban J connectivity index is 1.70. The van der Waals surface area contributed by atoms with Gasteiger partial charge >= 0.3 is 0 Å². The molecule has 1 heterocycles. The topological polar surface area (TPSA) is 49.9 Å². The highest BCUT2D eigenvalue weighted by atomic mass is 35.5. The van der Waals surface area contributed by atoms with Crippen LogP contribution in [0.1, 0.15) is 18.1 Å². The molecule has 26 heavy (non-hydrogen) atoms. The van der Waals surface area contributed by atoms with Crippen molar-refractivity contribution in [1.82, 2.24) is 9.80 Å². The predicted octanol–water partition coefficient (Wildman–Crippen LogP) is 3.11. The maximum atomic E-state index is 12.7. The Kier molecular flexibility index (Phi) is 5.47. The van der Waals surface area contributed by atoms with Gasteiger partial charge in [-0.2, -0.15) is 0 Å². The van der Waals surface area contributed by atoms with Crippen molar-refractivity contribution in [2.75, 3.05) is 13.7 Å². The first-order chi connectivity index (χ1) is 12.5. The molecule has 0 aromatic heterocycles. The quantitative estimate of drug-likeness (QED) is 0.810. The number of amides is 2. The van der Waals surface area contributed by atoms with Crippen LogP contribution in [0.4, 0.5) is 0 Å². The molecule has 1 aliphatic heterocycles. The Morgan fingerprint density at radius 3 is 2.46 bits per heavy atom. The Morgan fingerprint density at radius 2 is 1.81 bits per heavy atom. The largest absolute Gasteiger partial charge is 0.497 e. The molecule has 0 aliphatic carbocycles. The van der Waals surface area contributed by atoms with E-state index < -0.39 is 6.04 Å². The second kappa shape index (κ2) is 7.79. The van der Waals surface area contributed by atoms with Crippen molar-refractivity contribution in [3.63, 3.8) is 0 Å². The number of nitrogens with zero attached hydrogens (tertiary/aromatic N) is 2. The van der Waals surface area contributed by atoms with Crippen LogP contribution in [0.2, 0.25) is 5.02 Å². The molecule has 1 aliphatic rings. The summed E-state index contributed by atoms with van der Waals surface area (Å²) in [5.41, 5.74) is 1.87. The lowest BCUT2D eigenvalue weighted by Crippen LogP contribution is -2.57. The molecule has 0 unspecified atom stereocenters. The first-order valence-electron chi connectivity index (χ1n) is 8.43. The summed E-state index contributed by atoms with van der Waals surface area (Å²) in [4.78, 5) is 28.6. The van der Waals surface area contributed by atoms with Crippen LogP contribution in [0.25, 0.3) is 0 Å². The Hall–Kier alpha value is -2.53. The average Bonchev–Trinajstić information content (AvgIpc) is 2.64. The number of methoxy groups -OCH3 is 1.